The Balaban J connectivity index is 1.66. The van der Waals surface area contributed by atoms with Crippen LogP contribution in [-0.4, -0.2) is 0 Å². The van der Waals surface area contributed by atoms with Gasteiger partial charge in [0, 0.05) is 12.2 Å². The van der Waals surface area contributed by atoms with Gasteiger partial charge < -0.3 is 5.32 Å². The first kappa shape index (κ1) is 12.2. The molecule has 0 amide bonds. The maximum atomic E-state index is 13.2. The van der Waals surface area contributed by atoms with Gasteiger partial charge >= 0.3 is 0 Å². The molecule has 0 saturated heterocycles. The van der Waals surface area contributed by atoms with E-state index in [1.807, 2.05) is 6.92 Å². The molecule has 2 aromatic carbocycles. The molecule has 0 radical (unpaired) electrons. The lowest BCUT2D eigenvalue weighted by atomic mass is 10.1. The predicted octanol–water partition coefficient (Wildman–Crippen LogP) is 4.62. The first-order valence-corrected chi connectivity index (χ1v) is 6.81. The molecule has 1 saturated carbocycles. The predicted molar refractivity (Wildman–Crippen MR) is 76.9 cm³/mol. The van der Waals surface area contributed by atoms with Crippen LogP contribution in [0.2, 0.25) is 0 Å². The summed E-state index contributed by atoms with van der Waals surface area (Å²) in [5, 5.41) is 3.29. The summed E-state index contributed by atoms with van der Waals surface area (Å²) in [6, 6.07) is 13.6. The van der Waals surface area contributed by atoms with Gasteiger partial charge in [-0.05, 0) is 54.5 Å². The summed E-state index contributed by atoms with van der Waals surface area (Å²) < 4.78 is 13.2. The highest BCUT2D eigenvalue weighted by Crippen LogP contribution is 2.39. The van der Waals surface area contributed by atoms with E-state index in [4.69, 9.17) is 0 Å². The molecule has 1 fully saturated rings. The fourth-order valence-corrected chi connectivity index (χ4v) is 2.31. The van der Waals surface area contributed by atoms with E-state index in [9.17, 15) is 4.39 Å². The molecule has 19 heavy (non-hydrogen) atoms. The van der Waals surface area contributed by atoms with Crippen molar-refractivity contribution >= 4 is 5.69 Å². The standard InChI is InChI=1S/C17H18FN/c1-12-2-9-16(18)10-17(12)19-11-13-3-5-14(6-4-13)15-7-8-15/h2-6,9-10,15,19H,7-8,11H2,1H3. The number of anilines is 1. The fraction of sp³-hybridized carbons (Fsp3) is 0.294. The molecule has 1 nitrogen and oxygen atoms in total. The fourth-order valence-electron chi connectivity index (χ4n) is 2.31. The number of halogens is 1. The SMILES string of the molecule is Cc1ccc(F)cc1NCc1ccc(C2CC2)cc1. The molecule has 2 heteroatoms. The van der Waals surface area contributed by atoms with Crippen molar-refractivity contribution in [1.29, 1.82) is 0 Å². The first-order valence-electron chi connectivity index (χ1n) is 6.81. The number of hydrogen-bond donors (Lipinski definition) is 1. The van der Waals surface area contributed by atoms with Gasteiger partial charge in [-0.1, -0.05) is 30.3 Å². The van der Waals surface area contributed by atoms with Gasteiger partial charge in [0.2, 0.25) is 0 Å². The van der Waals surface area contributed by atoms with Gasteiger partial charge in [-0.25, -0.2) is 4.39 Å². The Morgan fingerprint density at radius 2 is 1.84 bits per heavy atom. The van der Waals surface area contributed by atoms with E-state index in [-0.39, 0.29) is 5.82 Å². The largest absolute Gasteiger partial charge is 0.381 e. The van der Waals surface area contributed by atoms with E-state index in [1.54, 1.807) is 12.1 Å². The molecule has 1 aliphatic rings. The highest BCUT2D eigenvalue weighted by Gasteiger charge is 2.22. The van der Waals surface area contributed by atoms with Crippen LogP contribution in [0.5, 0.6) is 0 Å². The van der Waals surface area contributed by atoms with Gasteiger partial charge in [0.15, 0.2) is 0 Å². The molecular weight excluding hydrogens is 237 g/mol. The van der Waals surface area contributed by atoms with Crippen LogP contribution in [-0.2, 0) is 6.54 Å². The van der Waals surface area contributed by atoms with Crippen molar-refractivity contribution in [3.8, 4) is 0 Å². The molecule has 1 N–H and O–H groups in total. The molecule has 0 spiro atoms. The molecule has 1 aliphatic carbocycles. The van der Waals surface area contributed by atoms with Gasteiger partial charge in [-0.15, -0.1) is 0 Å². The average Bonchev–Trinajstić information content (AvgIpc) is 3.25. The lowest BCUT2D eigenvalue weighted by Gasteiger charge is -2.10. The lowest BCUT2D eigenvalue weighted by molar-refractivity contribution is 0.628. The van der Waals surface area contributed by atoms with Gasteiger partial charge in [0.05, 0.1) is 0 Å². The number of hydrogen-bond acceptors (Lipinski definition) is 1. The average molecular weight is 255 g/mol. The maximum absolute atomic E-state index is 13.2. The zero-order valence-corrected chi connectivity index (χ0v) is 11.1. The van der Waals surface area contributed by atoms with Crippen molar-refractivity contribution in [1.82, 2.24) is 0 Å². The van der Waals surface area contributed by atoms with E-state index in [0.29, 0.717) is 0 Å². The second kappa shape index (κ2) is 5.04. The quantitative estimate of drug-likeness (QED) is 0.840. The Bertz CT molecular complexity index is 570. The highest BCUT2D eigenvalue weighted by atomic mass is 19.1. The molecule has 0 atom stereocenters. The van der Waals surface area contributed by atoms with Crippen LogP contribution >= 0.6 is 0 Å². The van der Waals surface area contributed by atoms with Crippen LogP contribution in [0.25, 0.3) is 0 Å². The zero-order chi connectivity index (χ0) is 13.2. The third-order valence-electron chi connectivity index (χ3n) is 3.71. The van der Waals surface area contributed by atoms with Crippen molar-refractivity contribution in [3.63, 3.8) is 0 Å². The van der Waals surface area contributed by atoms with E-state index in [2.05, 4.69) is 29.6 Å². The van der Waals surface area contributed by atoms with Crippen molar-refractivity contribution in [2.45, 2.75) is 32.2 Å². The Kier molecular flexibility index (Phi) is 3.24. The summed E-state index contributed by atoms with van der Waals surface area (Å²) in [6.07, 6.45) is 2.67. The molecule has 0 heterocycles. The molecule has 98 valence electrons. The summed E-state index contributed by atoms with van der Waals surface area (Å²) in [5.74, 6) is 0.602. The van der Waals surface area contributed by atoms with Crippen LogP contribution in [0.4, 0.5) is 10.1 Å². The molecule has 0 unspecified atom stereocenters. The minimum atomic E-state index is -0.197. The molecule has 2 aromatic rings. The second-order valence-electron chi connectivity index (χ2n) is 5.33. The van der Waals surface area contributed by atoms with Crippen LogP contribution in [0, 0.1) is 12.7 Å². The Morgan fingerprint density at radius 3 is 2.53 bits per heavy atom. The van der Waals surface area contributed by atoms with Crippen LogP contribution in [0.15, 0.2) is 42.5 Å². The zero-order valence-electron chi connectivity index (χ0n) is 11.1. The Hall–Kier alpha value is -1.83. The van der Waals surface area contributed by atoms with Gasteiger partial charge in [-0.2, -0.15) is 0 Å². The maximum Gasteiger partial charge on any atom is 0.125 e. The summed E-state index contributed by atoms with van der Waals surface area (Å²) in [4.78, 5) is 0. The van der Waals surface area contributed by atoms with Crippen LogP contribution < -0.4 is 5.32 Å². The van der Waals surface area contributed by atoms with E-state index < -0.39 is 0 Å². The second-order valence-corrected chi connectivity index (χ2v) is 5.33. The van der Waals surface area contributed by atoms with Crippen molar-refractivity contribution in [2.75, 3.05) is 5.32 Å². The van der Waals surface area contributed by atoms with E-state index in [1.165, 1.54) is 30.0 Å². The highest BCUT2D eigenvalue weighted by molar-refractivity contribution is 5.51. The summed E-state index contributed by atoms with van der Waals surface area (Å²) in [6.45, 7) is 2.72. The van der Waals surface area contributed by atoms with Crippen molar-refractivity contribution in [3.05, 3.63) is 65.0 Å². The number of aryl methyl sites for hydroxylation is 1. The van der Waals surface area contributed by atoms with Gasteiger partial charge in [0.1, 0.15) is 5.82 Å². The topological polar surface area (TPSA) is 12.0 Å². The van der Waals surface area contributed by atoms with Gasteiger partial charge in [-0.3, -0.25) is 0 Å². The number of nitrogens with one attached hydrogen (secondary N) is 1. The summed E-state index contributed by atoms with van der Waals surface area (Å²) in [7, 11) is 0. The van der Waals surface area contributed by atoms with E-state index in [0.717, 1.165) is 23.7 Å². The molecule has 0 aromatic heterocycles. The van der Waals surface area contributed by atoms with Crippen molar-refractivity contribution in [2.24, 2.45) is 0 Å². The normalized spacial score (nSPS) is 14.4. The third-order valence-corrected chi connectivity index (χ3v) is 3.71. The monoisotopic (exact) mass is 255 g/mol. The smallest absolute Gasteiger partial charge is 0.125 e. The van der Waals surface area contributed by atoms with Gasteiger partial charge in [0.25, 0.3) is 0 Å². The third kappa shape index (κ3) is 2.95. The first-order chi connectivity index (χ1) is 9.22. The molecule has 0 bridgehead atoms. The van der Waals surface area contributed by atoms with Crippen molar-refractivity contribution < 1.29 is 4.39 Å². The Labute approximate surface area is 113 Å². The number of rotatable bonds is 4. The van der Waals surface area contributed by atoms with Crippen LogP contribution in [0.3, 0.4) is 0 Å². The lowest BCUT2D eigenvalue weighted by Crippen LogP contribution is -2.01. The molecule has 3 rings (SSSR count). The molecular formula is C17H18FN. The van der Waals surface area contributed by atoms with E-state index >= 15 is 0 Å². The Morgan fingerprint density at radius 1 is 1.11 bits per heavy atom. The van der Waals surface area contributed by atoms with Crippen LogP contribution in [0.1, 0.15) is 35.4 Å². The summed E-state index contributed by atoms with van der Waals surface area (Å²) >= 11 is 0. The molecule has 0 aliphatic heterocycles. The number of benzene rings is 2. The minimum absolute atomic E-state index is 0.197. The summed E-state index contributed by atoms with van der Waals surface area (Å²) in [5.41, 5.74) is 4.61. The minimum Gasteiger partial charge on any atom is -0.381 e.